The quantitative estimate of drug-likeness (QED) is 0.689. The van der Waals surface area contributed by atoms with Crippen LogP contribution in [0.15, 0.2) is 23.1 Å². The van der Waals surface area contributed by atoms with E-state index in [1.165, 1.54) is 23.9 Å². The number of methoxy groups -OCH3 is 1. The second kappa shape index (κ2) is 5.26. The number of ether oxygens (including phenoxy) is 2. The molecule has 0 atom stereocenters. The molecule has 3 rings (SSSR count). The van der Waals surface area contributed by atoms with Crippen LogP contribution in [-0.4, -0.2) is 24.3 Å². The Morgan fingerprint density at radius 1 is 1.43 bits per heavy atom. The van der Waals surface area contributed by atoms with Crippen molar-refractivity contribution in [3.8, 4) is 5.75 Å². The van der Waals surface area contributed by atoms with Gasteiger partial charge >= 0.3 is 5.97 Å². The second-order valence-corrected chi connectivity index (χ2v) is 5.46. The van der Waals surface area contributed by atoms with Crippen molar-refractivity contribution in [1.29, 1.82) is 0 Å². The number of nitrogen functional groups attached to an aromatic ring is 1. The van der Waals surface area contributed by atoms with Gasteiger partial charge in [0.1, 0.15) is 11.3 Å². The standard InChI is InChI=1S/C16H17FN2O4/c1-3-23-15(21)9-8-19(16(17)6-7-16)13-11(22-2)5-4-10(18)12(13)14(9)20/h4-5,8H,3,6-7,18H2,1-2H3. The number of esters is 1. The number of aromatic nitrogens is 1. The van der Waals surface area contributed by atoms with Gasteiger partial charge in [-0.25, -0.2) is 9.18 Å². The van der Waals surface area contributed by atoms with Crippen molar-refractivity contribution in [2.75, 3.05) is 19.5 Å². The summed E-state index contributed by atoms with van der Waals surface area (Å²) in [5.74, 6) is -2.11. The Kier molecular flexibility index (Phi) is 3.50. The molecule has 6 nitrogen and oxygen atoms in total. The van der Waals surface area contributed by atoms with Gasteiger partial charge in [-0.05, 0) is 19.1 Å². The lowest BCUT2D eigenvalue weighted by atomic mass is 10.1. The molecule has 0 spiro atoms. The van der Waals surface area contributed by atoms with Crippen LogP contribution in [-0.2, 0) is 10.5 Å². The maximum atomic E-state index is 14.8. The minimum absolute atomic E-state index is 0.0684. The van der Waals surface area contributed by atoms with E-state index in [4.69, 9.17) is 15.2 Å². The molecule has 0 radical (unpaired) electrons. The van der Waals surface area contributed by atoms with Crippen molar-refractivity contribution in [3.63, 3.8) is 0 Å². The number of halogens is 1. The van der Waals surface area contributed by atoms with Crippen molar-refractivity contribution >= 4 is 22.6 Å². The molecule has 0 amide bonds. The summed E-state index contributed by atoms with van der Waals surface area (Å²) >= 11 is 0. The van der Waals surface area contributed by atoms with Crippen LogP contribution in [0.3, 0.4) is 0 Å². The molecule has 0 aliphatic heterocycles. The smallest absolute Gasteiger partial charge is 0.343 e. The zero-order valence-corrected chi connectivity index (χ0v) is 12.9. The predicted molar refractivity (Wildman–Crippen MR) is 83.4 cm³/mol. The highest BCUT2D eigenvalue weighted by atomic mass is 19.1. The molecule has 122 valence electrons. The number of hydrogen-bond donors (Lipinski definition) is 1. The van der Waals surface area contributed by atoms with E-state index in [1.807, 2.05) is 0 Å². The van der Waals surface area contributed by atoms with Crippen LogP contribution in [0.5, 0.6) is 5.75 Å². The molecular formula is C16H17FN2O4. The van der Waals surface area contributed by atoms with Gasteiger partial charge < -0.3 is 19.8 Å². The lowest BCUT2D eigenvalue weighted by molar-refractivity contribution is 0.0523. The maximum absolute atomic E-state index is 14.8. The summed E-state index contributed by atoms with van der Waals surface area (Å²) in [4.78, 5) is 24.7. The summed E-state index contributed by atoms with van der Waals surface area (Å²) in [6.07, 6.45) is 1.80. The fourth-order valence-corrected chi connectivity index (χ4v) is 2.63. The number of nitrogens with zero attached hydrogens (tertiary/aromatic N) is 1. The van der Waals surface area contributed by atoms with E-state index < -0.39 is 17.2 Å². The lowest BCUT2D eigenvalue weighted by Gasteiger charge is -2.19. The first kappa shape index (κ1) is 15.3. The molecule has 1 heterocycles. The Morgan fingerprint density at radius 3 is 2.70 bits per heavy atom. The number of alkyl halides is 1. The SMILES string of the molecule is CCOC(=O)c1cn(C2(F)CC2)c2c(OC)ccc(N)c2c1=O. The zero-order chi connectivity index (χ0) is 16.8. The van der Waals surface area contributed by atoms with E-state index >= 15 is 0 Å². The minimum Gasteiger partial charge on any atom is -0.495 e. The molecule has 0 unspecified atom stereocenters. The fourth-order valence-electron chi connectivity index (χ4n) is 2.63. The number of nitrogens with two attached hydrogens (primary N) is 1. The van der Waals surface area contributed by atoms with Gasteiger partial charge in [0.05, 0.1) is 24.6 Å². The molecule has 1 fully saturated rings. The summed E-state index contributed by atoms with van der Waals surface area (Å²) in [5.41, 5.74) is 5.51. The van der Waals surface area contributed by atoms with Gasteiger partial charge in [0.15, 0.2) is 5.79 Å². The molecule has 7 heteroatoms. The number of hydrogen-bond acceptors (Lipinski definition) is 5. The minimum atomic E-state index is -1.64. The normalized spacial score (nSPS) is 15.4. The molecule has 1 saturated carbocycles. The number of carbonyl (C=O) groups is 1. The Bertz CT molecular complexity index is 855. The van der Waals surface area contributed by atoms with E-state index in [-0.39, 0.29) is 28.8 Å². The molecular weight excluding hydrogens is 303 g/mol. The van der Waals surface area contributed by atoms with Gasteiger partial charge in [-0.3, -0.25) is 4.79 Å². The van der Waals surface area contributed by atoms with Crippen LogP contribution in [0.4, 0.5) is 10.1 Å². The molecule has 1 aliphatic carbocycles. The largest absolute Gasteiger partial charge is 0.495 e. The summed E-state index contributed by atoms with van der Waals surface area (Å²) < 4.78 is 26.2. The number of fused-ring (bicyclic) bond motifs is 1. The van der Waals surface area contributed by atoms with Crippen molar-refractivity contribution in [2.24, 2.45) is 0 Å². The van der Waals surface area contributed by atoms with Gasteiger partial charge in [-0.2, -0.15) is 0 Å². The molecule has 2 N–H and O–H groups in total. The van der Waals surface area contributed by atoms with E-state index in [2.05, 4.69) is 0 Å². The summed E-state index contributed by atoms with van der Waals surface area (Å²) in [7, 11) is 1.43. The highest BCUT2D eigenvalue weighted by Gasteiger charge is 2.46. The predicted octanol–water partition coefficient (Wildman–Crippen LogP) is 2.19. The van der Waals surface area contributed by atoms with Crippen molar-refractivity contribution in [1.82, 2.24) is 4.57 Å². The molecule has 2 aromatic rings. The van der Waals surface area contributed by atoms with E-state index in [0.29, 0.717) is 18.6 Å². The molecule has 0 saturated heterocycles. The van der Waals surface area contributed by atoms with E-state index in [0.717, 1.165) is 0 Å². The van der Waals surface area contributed by atoms with Gasteiger partial charge in [0, 0.05) is 24.7 Å². The van der Waals surface area contributed by atoms with Gasteiger partial charge in [-0.1, -0.05) is 0 Å². The number of pyridine rings is 1. The highest BCUT2D eigenvalue weighted by Crippen LogP contribution is 2.47. The molecule has 1 aromatic carbocycles. The highest BCUT2D eigenvalue weighted by molar-refractivity contribution is 6.00. The monoisotopic (exact) mass is 320 g/mol. The first-order valence-electron chi connectivity index (χ1n) is 7.31. The average molecular weight is 320 g/mol. The first-order valence-corrected chi connectivity index (χ1v) is 7.31. The molecule has 0 bridgehead atoms. The first-order chi connectivity index (χ1) is 10.9. The topological polar surface area (TPSA) is 83.6 Å². The third-order valence-electron chi connectivity index (χ3n) is 3.95. The Morgan fingerprint density at radius 2 is 2.13 bits per heavy atom. The number of rotatable bonds is 4. The van der Waals surface area contributed by atoms with Crippen LogP contribution in [0.2, 0.25) is 0 Å². The number of carbonyl (C=O) groups excluding carboxylic acids is 1. The summed E-state index contributed by atoms with van der Waals surface area (Å²) in [5, 5.41) is 0.0684. The Balaban J connectivity index is 2.42. The molecule has 1 aromatic heterocycles. The van der Waals surface area contributed by atoms with Gasteiger partial charge in [0.2, 0.25) is 5.43 Å². The van der Waals surface area contributed by atoms with Crippen LogP contribution < -0.4 is 15.9 Å². The third-order valence-corrected chi connectivity index (χ3v) is 3.95. The maximum Gasteiger partial charge on any atom is 0.343 e. The van der Waals surface area contributed by atoms with E-state index in [1.54, 1.807) is 13.0 Å². The average Bonchev–Trinajstić information content (AvgIpc) is 3.26. The summed E-state index contributed by atoms with van der Waals surface area (Å²) in [6.45, 7) is 1.75. The lowest BCUT2D eigenvalue weighted by Crippen LogP contribution is -2.25. The van der Waals surface area contributed by atoms with Crippen LogP contribution >= 0.6 is 0 Å². The third kappa shape index (κ3) is 2.32. The summed E-state index contributed by atoms with van der Waals surface area (Å²) in [6, 6.07) is 3.07. The van der Waals surface area contributed by atoms with Crippen molar-refractivity contribution < 1.29 is 18.7 Å². The van der Waals surface area contributed by atoms with Crippen LogP contribution in [0.25, 0.3) is 10.9 Å². The second-order valence-electron chi connectivity index (χ2n) is 5.46. The zero-order valence-electron chi connectivity index (χ0n) is 12.9. The number of benzene rings is 1. The van der Waals surface area contributed by atoms with Crippen molar-refractivity contribution in [3.05, 3.63) is 34.1 Å². The van der Waals surface area contributed by atoms with Gasteiger partial charge in [0.25, 0.3) is 0 Å². The van der Waals surface area contributed by atoms with Crippen molar-refractivity contribution in [2.45, 2.75) is 25.6 Å². The van der Waals surface area contributed by atoms with Crippen LogP contribution in [0, 0.1) is 0 Å². The fraction of sp³-hybridized carbons (Fsp3) is 0.375. The van der Waals surface area contributed by atoms with Gasteiger partial charge in [-0.15, -0.1) is 0 Å². The number of anilines is 1. The van der Waals surface area contributed by atoms with Crippen LogP contribution in [0.1, 0.15) is 30.1 Å². The molecule has 1 aliphatic rings. The van der Waals surface area contributed by atoms with E-state index in [9.17, 15) is 14.0 Å². The Hall–Kier alpha value is -2.57. The Labute approximate surface area is 131 Å². The molecule has 23 heavy (non-hydrogen) atoms.